The van der Waals surface area contributed by atoms with Gasteiger partial charge in [0.25, 0.3) is 0 Å². The van der Waals surface area contributed by atoms with E-state index in [2.05, 4.69) is 32.2 Å². The zero-order valence-corrected chi connectivity index (χ0v) is 21.0. The van der Waals surface area contributed by atoms with Crippen molar-refractivity contribution in [3.05, 3.63) is 77.3 Å². The molecule has 4 heterocycles. The number of H-pyrrole nitrogens is 2. The highest BCUT2D eigenvalue weighted by Gasteiger charge is 2.65. The van der Waals surface area contributed by atoms with Crippen molar-refractivity contribution in [2.45, 2.75) is 25.2 Å². The second kappa shape index (κ2) is 8.38. The van der Waals surface area contributed by atoms with E-state index in [4.69, 9.17) is 21.6 Å². The monoisotopic (exact) mass is 513 g/mol. The van der Waals surface area contributed by atoms with Crippen LogP contribution in [0.25, 0.3) is 33.7 Å². The van der Waals surface area contributed by atoms with Crippen molar-refractivity contribution in [1.29, 1.82) is 0 Å². The summed E-state index contributed by atoms with van der Waals surface area (Å²) in [5.74, 6) is 1.62. The maximum Gasteiger partial charge on any atom is 0.202 e. The molecular formula is C28H25ClFN7. The van der Waals surface area contributed by atoms with E-state index in [1.807, 2.05) is 42.6 Å². The van der Waals surface area contributed by atoms with Gasteiger partial charge in [0.15, 0.2) is 0 Å². The molecule has 37 heavy (non-hydrogen) atoms. The summed E-state index contributed by atoms with van der Waals surface area (Å²) in [6.45, 7) is 3.89. The molecule has 0 bridgehead atoms. The number of piperidine rings is 1. The zero-order chi connectivity index (χ0) is 25.1. The molecule has 3 atom stereocenters. The molecule has 9 heteroatoms. The Bertz CT molecular complexity index is 1610. The van der Waals surface area contributed by atoms with Crippen molar-refractivity contribution in [2.75, 3.05) is 18.0 Å². The first kappa shape index (κ1) is 22.4. The molecule has 5 aromatic rings. The van der Waals surface area contributed by atoms with Gasteiger partial charge in [-0.1, -0.05) is 48.9 Å². The summed E-state index contributed by atoms with van der Waals surface area (Å²) in [7, 11) is 0. The number of aromatic nitrogens is 6. The van der Waals surface area contributed by atoms with Crippen molar-refractivity contribution in [2.24, 2.45) is 11.8 Å². The normalized spacial score (nSPS) is 22.8. The van der Waals surface area contributed by atoms with Gasteiger partial charge in [0.1, 0.15) is 17.2 Å². The maximum atomic E-state index is 14.7. The molecule has 2 N–H and O–H groups in total. The number of benzene rings is 2. The van der Waals surface area contributed by atoms with E-state index in [0.717, 1.165) is 59.8 Å². The summed E-state index contributed by atoms with van der Waals surface area (Å²) < 4.78 is 14.7. The highest BCUT2D eigenvalue weighted by atomic mass is 35.5. The molecule has 0 spiro atoms. The van der Waals surface area contributed by atoms with Gasteiger partial charge in [-0.15, -0.1) is 0 Å². The van der Waals surface area contributed by atoms with Crippen LogP contribution in [-0.2, 0) is 5.41 Å². The number of hydrogen-bond acceptors (Lipinski definition) is 5. The van der Waals surface area contributed by atoms with Gasteiger partial charge in [-0.05, 0) is 48.4 Å². The van der Waals surface area contributed by atoms with E-state index >= 15 is 0 Å². The molecule has 7 rings (SSSR count). The lowest BCUT2D eigenvalue weighted by Gasteiger charge is -2.26. The molecule has 0 radical (unpaired) electrons. The van der Waals surface area contributed by atoms with Crippen molar-refractivity contribution in [3.8, 4) is 22.5 Å². The fraction of sp³-hybridized carbons (Fsp3) is 0.286. The van der Waals surface area contributed by atoms with Gasteiger partial charge in [0.05, 0.1) is 22.6 Å². The van der Waals surface area contributed by atoms with Crippen LogP contribution in [0.4, 0.5) is 10.2 Å². The van der Waals surface area contributed by atoms with E-state index in [1.54, 1.807) is 18.3 Å². The first-order valence-electron chi connectivity index (χ1n) is 12.6. The summed E-state index contributed by atoms with van der Waals surface area (Å²) in [4.78, 5) is 11.9. The number of hydrogen-bond donors (Lipinski definition) is 2. The molecule has 186 valence electrons. The molecule has 2 fully saturated rings. The second-order valence-corrected chi connectivity index (χ2v) is 10.4. The Hall–Kier alpha value is -3.78. The summed E-state index contributed by atoms with van der Waals surface area (Å²) >= 11 is 6.65. The third-order valence-electron chi connectivity index (χ3n) is 8.41. The number of halogens is 2. The average molecular weight is 514 g/mol. The number of aromatic amines is 2. The van der Waals surface area contributed by atoms with E-state index in [1.165, 1.54) is 0 Å². The number of anilines is 1. The predicted molar refractivity (Wildman–Crippen MR) is 142 cm³/mol. The zero-order valence-electron chi connectivity index (χ0n) is 20.2. The number of fused-ring (bicyclic) bond motifs is 2. The topological polar surface area (TPSA) is 86.4 Å². The maximum absolute atomic E-state index is 14.7. The molecule has 3 aromatic heterocycles. The minimum atomic E-state index is -0.0909. The quantitative estimate of drug-likeness (QED) is 0.301. The molecular weight excluding hydrogens is 489 g/mol. The van der Waals surface area contributed by atoms with Crippen LogP contribution in [0.5, 0.6) is 0 Å². The largest absolute Gasteiger partial charge is 0.355 e. The first-order valence-corrected chi connectivity index (χ1v) is 13.0. The lowest BCUT2D eigenvalue weighted by Crippen LogP contribution is -2.32. The Labute approximate surface area is 218 Å². The van der Waals surface area contributed by atoms with E-state index in [0.29, 0.717) is 28.0 Å². The molecule has 0 unspecified atom stereocenters. The molecule has 2 aliphatic rings. The van der Waals surface area contributed by atoms with Crippen molar-refractivity contribution < 1.29 is 4.39 Å². The smallest absolute Gasteiger partial charge is 0.202 e. The lowest BCUT2D eigenvalue weighted by atomic mass is 9.88. The predicted octanol–water partition coefficient (Wildman–Crippen LogP) is 6.01. The Kier molecular flexibility index (Phi) is 5.08. The van der Waals surface area contributed by atoms with Crippen LogP contribution in [0.3, 0.4) is 0 Å². The Balaban J connectivity index is 1.16. The highest BCUT2D eigenvalue weighted by Crippen LogP contribution is 2.65. The Morgan fingerprint density at radius 3 is 2.81 bits per heavy atom. The fourth-order valence-corrected chi connectivity index (χ4v) is 6.84. The van der Waals surface area contributed by atoms with Crippen LogP contribution >= 0.6 is 11.6 Å². The second-order valence-electron chi connectivity index (χ2n) is 9.99. The van der Waals surface area contributed by atoms with E-state index < -0.39 is 0 Å². The van der Waals surface area contributed by atoms with Crippen LogP contribution < -0.4 is 4.90 Å². The van der Waals surface area contributed by atoms with Gasteiger partial charge in [0.2, 0.25) is 5.65 Å². The van der Waals surface area contributed by atoms with Gasteiger partial charge in [-0.25, -0.2) is 14.4 Å². The third kappa shape index (κ3) is 3.39. The van der Waals surface area contributed by atoms with Crippen molar-refractivity contribution in [3.63, 3.8) is 0 Å². The fourth-order valence-electron chi connectivity index (χ4n) is 6.57. The van der Waals surface area contributed by atoms with Gasteiger partial charge in [-0.3, -0.25) is 10.2 Å². The van der Waals surface area contributed by atoms with E-state index in [-0.39, 0.29) is 11.2 Å². The van der Waals surface area contributed by atoms with Gasteiger partial charge >= 0.3 is 0 Å². The molecule has 1 saturated carbocycles. The molecule has 1 aliphatic carbocycles. The summed E-state index contributed by atoms with van der Waals surface area (Å²) in [6.07, 6.45) is 5.47. The lowest BCUT2D eigenvalue weighted by molar-refractivity contribution is 0.516. The first-order chi connectivity index (χ1) is 18.1. The molecule has 1 saturated heterocycles. The number of nitrogens with one attached hydrogen (secondary N) is 2. The Morgan fingerprint density at radius 1 is 1.14 bits per heavy atom. The van der Waals surface area contributed by atoms with Crippen LogP contribution in [0, 0.1) is 17.7 Å². The standard InChI is InChI=1S/C28H25ClFN7/c1-2-28(19-5-3-4-6-22(19)30)18-10-12-37(15-20(18)28)24-14-31-26-25(35-36-27(26)33-24)17-8-7-16(13-21(17)29)23-9-11-32-34-23/h3-9,11,13-14,18,20H,2,10,12,15H2,1H3,(H,32,34)(H,33,35,36)/t18-,20+,28-/m1/s1. The van der Waals surface area contributed by atoms with Gasteiger partial charge in [0, 0.05) is 35.8 Å². The minimum Gasteiger partial charge on any atom is -0.355 e. The SMILES string of the molecule is CC[C@]1(c2ccccc2F)[C@@H]2CCN(c3cnc4c(-c5ccc(-c6ccn[nH]6)cc5Cl)[nH]nc4n3)C[C@@H]21. The summed E-state index contributed by atoms with van der Waals surface area (Å²) in [5, 5.41) is 15.1. The van der Waals surface area contributed by atoms with Gasteiger partial charge < -0.3 is 4.90 Å². The van der Waals surface area contributed by atoms with Crippen LogP contribution in [0.15, 0.2) is 60.9 Å². The van der Waals surface area contributed by atoms with Gasteiger partial charge in [-0.2, -0.15) is 10.2 Å². The molecule has 7 nitrogen and oxygen atoms in total. The third-order valence-corrected chi connectivity index (χ3v) is 8.73. The van der Waals surface area contributed by atoms with Crippen molar-refractivity contribution in [1.82, 2.24) is 30.4 Å². The highest BCUT2D eigenvalue weighted by molar-refractivity contribution is 6.33. The Morgan fingerprint density at radius 2 is 2.03 bits per heavy atom. The molecule has 2 aromatic carbocycles. The summed E-state index contributed by atoms with van der Waals surface area (Å²) in [5.41, 5.74) is 5.40. The van der Waals surface area contributed by atoms with E-state index in [9.17, 15) is 4.39 Å². The number of nitrogens with zero attached hydrogens (tertiary/aromatic N) is 5. The van der Waals surface area contributed by atoms with Crippen LogP contribution in [0.1, 0.15) is 25.3 Å². The number of rotatable bonds is 5. The van der Waals surface area contributed by atoms with Crippen LogP contribution in [-0.4, -0.2) is 43.5 Å². The van der Waals surface area contributed by atoms with Crippen molar-refractivity contribution >= 4 is 28.6 Å². The summed E-state index contributed by atoms with van der Waals surface area (Å²) in [6, 6.07) is 15.0. The van der Waals surface area contributed by atoms with Crippen LogP contribution in [0.2, 0.25) is 5.02 Å². The molecule has 1 aliphatic heterocycles. The molecule has 0 amide bonds. The average Bonchev–Trinajstić information content (AvgIpc) is 3.26. The minimum absolute atomic E-state index is 0.0871.